The number of aromatic nitrogens is 2. The number of benzene rings is 1. The van der Waals surface area contributed by atoms with Gasteiger partial charge in [-0.3, -0.25) is 9.59 Å². The van der Waals surface area contributed by atoms with Crippen LogP contribution in [0.3, 0.4) is 0 Å². The van der Waals surface area contributed by atoms with Gasteiger partial charge in [0.1, 0.15) is 0 Å². The van der Waals surface area contributed by atoms with Crippen LogP contribution in [0, 0.1) is 0 Å². The van der Waals surface area contributed by atoms with Crippen LogP contribution in [0.25, 0.3) is 11.5 Å². The standard InChI is InChI=1S/C18H22N4O3/c1-14(23)21-10-5-11-22(13-12-21)17(24)9-8-16-19-20-18(25-16)15-6-3-2-4-7-15/h2-4,6-7H,5,8-13H2,1H3. The van der Waals surface area contributed by atoms with Crippen LogP contribution in [0.1, 0.15) is 25.7 Å². The van der Waals surface area contributed by atoms with E-state index in [-0.39, 0.29) is 11.8 Å². The van der Waals surface area contributed by atoms with Crippen molar-refractivity contribution in [2.45, 2.75) is 26.2 Å². The van der Waals surface area contributed by atoms with Crippen molar-refractivity contribution in [2.24, 2.45) is 0 Å². The number of hydrogen-bond donors (Lipinski definition) is 0. The van der Waals surface area contributed by atoms with Gasteiger partial charge < -0.3 is 14.2 Å². The topological polar surface area (TPSA) is 79.5 Å². The molecule has 3 rings (SSSR count). The zero-order chi connectivity index (χ0) is 17.6. The van der Waals surface area contributed by atoms with Crippen molar-refractivity contribution in [1.82, 2.24) is 20.0 Å². The Balaban J connectivity index is 1.52. The fourth-order valence-electron chi connectivity index (χ4n) is 2.91. The van der Waals surface area contributed by atoms with E-state index in [1.165, 1.54) is 0 Å². The fraction of sp³-hybridized carbons (Fsp3) is 0.444. The van der Waals surface area contributed by atoms with Gasteiger partial charge in [0.25, 0.3) is 0 Å². The first-order valence-corrected chi connectivity index (χ1v) is 8.54. The molecule has 0 aliphatic carbocycles. The van der Waals surface area contributed by atoms with Gasteiger partial charge in [-0.15, -0.1) is 10.2 Å². The lowest BCUT2D eigenvalue weighted by Gasteiger charge is -2.21. The third-order valence-corrected chi connectivity index (χ3v) is 4.33. The highest BCUT2D eigenvalue weighted by molar-refractivity contribution is 5.77. The largest absolute Gasteiger partial charge is 0.421 e. The zero-order valence-corrected chi connectivity index (χ0v) is 14.4. The third-order valence-electron chi connectivity index (χ3n) is 4.33. The molecular weight excluding hydrogens is 320 g/mol. The summed E-state index contributed by atoms with van der Waals surface area (Å²) in [6.07, 6.45) is 1.56. The van der Waals surface area contributed by atoms with Crippen LogP contribution in [0.15, 0.2) is 34.7 Å². The summed E-state index contributed by atoms with van der Waals surface area (Å²) in [5.74, 6) is 1.06. The van der Waals surface area contributed by atoms with Crippen molar-refractivity contribution in [2.75, 3.05) is 26.2 Å². The predicted molar refractivity (Wildman–Crippen MR) is 91.5 cm³/mol. The Labute approximate surface area is 146 Å². The Morgan fingerprint density at radius 3 is 2.52 bits per heavy atom. The van der Waals surface area contributed by atoms with Crippen molar-refractivity contribution < 1.29 is 14.0 Å². The maximum absolute atomic E-state index is 12.4. The first-order valence-electron chi connectivity index (χ1n) is 8.54. The maximum atomic E-state index is 12.4. The molecule has 132 valence electrons. The summed E-state index contributed by atoms with van der Waals surface area (Å²) >= 11 is 0. The van der Waals surface area contributed by atoms with Crippen LogP contribution in [0.5, 0.6) is 0 Å². The van der Waals surface area contributed by atoms with Gasteiger partial charge in [-0.05, 0) is 18.6 Å². The Kier molecular flexibility index (Phi) is 5.42. The molecule has 25 heavy (non-hydrogen) atoms. The smallest absolute Gasteiger partial charge is 0.247 e. The minimum absolute atomic E-state index is 0.0601. The molecule has 1 saturated heterocycles. The number of rotatable bonds is 4. The molecule has 1 aliphatic rings. The molecule has 2 heterocycles. The molecule has 0 saturated carbocycles. The van der Waals surface area contributed by atoms with E-state index in [1.54, 1.807) is 11.8 Å². The first kappa shape index (κ1) is 17.1. The molecule has 0 bridgehead atoms. The van der Waals surface area contributed by atoms with Gasteiger partial charge in [-0.25, -0.2) is 0 Å². The summed E-state index contributed by atoms with van der Waals surface area (Å²) in [4.78, 5) is 27.5. The number of nitrogens with zero attached hydrogens (tertiary/aromatic N) is 4. The van der Waals surface area contributed by atoms with E-state index in [4.69, 9.17) is 4.42 Å². The minimum Gasteiger partial charge on any atom is -0.421 e. The van der Waals surface area contributed by atoms with E-state index in [2.05, 4.69) is 10.2 Å². The number of amides is 2. The minimum atomic E-state index is 0.0601. The molecule has 0 spiro atoms. The Morgan fingerprint density at radius 2 is 1.76 bits per heavy atom. The van der Waals surface area contributed by atoms with E-state index >= 15 is 0 Å². The number of aryl methyl sites for hydroxylation is 1. The Bertz CT molecular complexity index is 729. The second kappa shape index (κ2) is 7.92. The molecule has 2 aromatic rings. The Morgan fingerprint density at radius 1 is 1.04 bits per heavy atom. The zero-order valence-electron chi connectivity index (χ0n) is 14.4. The van der Waals surface area contributed by atoms with E-state index in [0.29, 0.717) is 50.8 Å². The molecule has 0 unspecified atom stereocenters. The SMILES string of the molecule is CC(=O)N1CCCN(C(=O)CCc2nnc(-c3ccccc3)o2)CC1. The average molecular weight is 342 g/mol. The van der Waals surface area contributed by atoms with Gasteiger partial charge in [0.15, 0.2) is 0 Å². The van der Waals surface area contributed by atoms with E-state index in [9.17, 15) is 9.59 Å². The second-order valence-electron chi connectivity index (χ2n) is 6.11. The molecule has 1 fully saturated rings. The number of hydrogen-bond acceptors (Lipinski definition) is 5. The molecular formula is C18H22N4O3. The molecule has 1 aromatic carbocycles. The average Bonchev–Trinajstić information content (AvgIpc) is 2.95. The summed E-state index contributed by atoms with van der Waals surface area (Å²) in [6, 6.07) is 9.55. The van der Waals surface area contributed by atoms with Crippen LogP contribution < -0.4 is 0 Å². The van der Waals surface area contributed by atoms with Gasteiger partial charge in [0.2, 0.25) is 23.6 Å². The van der Waals surface area contributed by atoms with Crippen LogP contribution >= 0.6 is 0 Å². The van der Waals surface area contributed by atoms with Crippen LogP contribution in [0.2, 0.25) is 0 Å². The fourth-order valence-corrected chi connectivity index (χ4v) is 2.91. The Hall–Kier alpha value is -2.70. The molecule has 0 radical (unpaired) electrons. The molecule has 2 amide bonds. The van der Waals surface area contributed by atoms with Gasteiger partial charge in [-0.2, -0.15) is 0 Å². The summed E-state index contributed by atoms with van der Waals surface area (Å²) in [5.41, 5.74) is 0.865. The summed E-state index contributed by atoms with van der Waals surface area (Å²) in [7, 11) is 0. The first-order chi connectivity index (χ1) is 12.1. The maximum Gasteiger partial charge on any atom is 0.247 e. The lowest BCUT2D eigenvalue weighted by molar-refractivity contribution is -0.132. The highest BCUT2D eigenvalue weighted by Gasteiger charge is 2.20. The molecule has 1 aliphatic heterocycles. The predicted octanol–water partition coefficient (Wildman–Crippen LogP) is 1.75. The lowest BCUT2D eigenvalue weighted by Crippen LogP contribution is -2.36. The van der Waals surface area contributed by atoms with Gasteiger partial charge >= 0.3 is 0 Å². The van der Waals surface area contributed by atoms with Crippen LogP contribution in [0.4, 0.5) is 0 Å². The van der Waals surface area contributed by atoms with Gasteiger partial charge in [0.05, 0.1) is 0 Å². The quantitative estimate of drug-likeness (QED) is 0.846. The van der Waals surface area contributed by atoms with E-state index in [1.807, 2.05) is 35.2 Å². The molecule has 1 aromatic heterocycles. The van der Waals surface area contributed by atoms with Gasteiger partial charge in [-0.1, -0.05) is 18.2 Å². The molecule has 0 N–H and O–H groups in total. The second-order valence-corrected chi connectivity index (χ2v) is 6.11. The monoisotopic (exact) mass is 342 g/mol. The molecule has 0 atom stereocenters. The molecule has 7 nitrogen and oxygen atoms in total. The van der Waals surface area contributed by atoms with Crippen molar-refractivity contribution in [1.29, 1.82) is 0 Å². The highest BCUT2D eigenvalue weighted by atomic mass is 16.4. The van der Waals surface area contributed by atoms with E-state index in [0.717, 1.165) is 12.0 Å². The van der Waals surface area contributed by atoms with Crippen molar-refractivity contribution >= 4 is 11.8 Å². The number of carbonyl (C=O) groups is 2. The lowest BCUT2D eigenvalue weighted by atomic mass is 10.2. The van der Waals surface area contributed by atoms with Crippen molar-refractivity contribution in [3.63, 3.8) is 0 Å². The van der Waals surface area contributed by atoms with Crippen LogP contribution in [-0.4, -0.2) is 58.0 Å². The van der Waals surface area contributed by atoms with Crippen molar-refractivity contribution in [3.05, 3.63) is 36.2 Å². The normalized spacial score (nSPS) is 15.1. The number of carbonyl (C=O) groups excluding carboxylic acids is 2. The third kappa shape index (κ3) is 4.43. The summed E-state index contributed by atoms with van der Waals surface area (Å²) < 4.78 is 5.63. The van der Waals surface area contributed by atoms with Crippen LogP contribution in [-0.2, 0) is 16.0 Å². The molecule has 7 heteroatoms. The summed E-state index contributed by atoms with van der Waals surface area (Å²) in [5, 5.41) is 8.06. The summed E-state index contributed by atoms with van der Waals surface area (Å²) in [6.45, 7) is 4.14. The van der Waals surface area contributed by atoms with Gasteiger partial charge in [0, 0.05) is 51.5 Å². The highest BCUT2D eigenvalue weighted by Crippen LogP contribution is 2.17. The van der Waals surface area contributed by atoms with E-state index < -0.39 is 0 Å². The van der Waals surface area contributed by atoms with Crippen molar-refractivity contribution in [3.8, 4) is 11.5 Å².